The zero-order valence-electron chi connectivity index (χ0n) is 12.1. The predicted molar refractivity (Wildman–Crippen MR) is 74.1 cm³/mol. The second-order valence-corrected chi connectivity index (χ2v) is 5.17. The third kappa shape index (κ3) is 2.98. The molecule has 0 spiro atoms. The Bertz CT molecular complexity index is 710. The summed E-state index contributed by atoms with van der Waals surface area (Å²) in [6.07, 6.45) is 0. The summed E-state index contributed by atoms with van der Waals surface area (Å²) in [6.45, 7) is 4.10. The largest absolute Gasteiger partial charge is 0.378 e. The molecule has 1 saturated heterocycles. The van der Waals surface area contributed by atoms with Gasteiger partial charge in [0.25, 0.3) is 0 Å². The standard InChI is InChI=1S/C15H15FN4O2/c1-10-18-15(22-19-10)14-9-21-5-4-20(14)8-11-2-3-13(16)12(6-11)7-17/h2-3,6,14H,4-5,8-9H2,1H3/t14-/m0/s1. The summed E-state index contributed by atoms with van der Waals surface area (Å²) in [6, 6.07) is 6.30. The fourth-order valence-electron chi connectivity index (χ4n) is 2.49. The van der Waals surface area contributed by atoms with Gasteiger partial charge in [0.2, 0.25) is 5.89 Å². The van der Waals surface area contributed by atoms with Crippen LogP contribution in [0.2, 0.25) is 0 Å². The Labute approximate surface area is 127 Å². The Morgan fingerprint density at radius 1 is 1.50 bits per heavy atom. The van der Waals surface area contributed by atoms with Crippen molar-refractivity contribution in [1.82, 2.24) is 15.0 Å². The Hall–Kier alpha value is -2.30. The van der Waals surface area contributed by atoms with Crippen molar-refractivity contribution in [3.05, 3.63) is 46.9 Å². The van der Waals surface area contributed by atoms with Gasteiger partial charge >= 0.3 is 0 Å². The van der Waals surface area contributed by atoms with Gasteiger partial charge in [-0.1, -0.05) is 11.2 Å². The molecule has 0 unspecified atom stereocenters. The number of nitriles is 1. The molecule has 1 fully saturated rings. The number of rotatable bonds is 3. The van der Waals surface area contributed by atoms with E-state index in [1.54, 1.807) is 19.1 Å². The molecular formula is C15H15FN4O2. The maximum Gasteiger partial charge on any atom is 0.246 e. The third-order valence-electron chi connectivity index (χ3n) is 3.60. The summed E-state index contributed by atoms with van der Waals surface area (Å²) in [7, 11) is 0. The molecule has 22 heavy (non-hydrogen) atoms. The van der Waals surface area contributed by atoms with Crippen LogP contribution < -0.4 is 0 Å². The first kappa shape index (κ1) is 14.6. The minimum Gasteiger partial charge on any atom is -0.378 e. The zero-order chi connectivity index (χ0) is 15.5. The molecule has 0 bridgehead atoms. The van der Waals surface area contributed by atoms with Gasteiger partial charge in [0.05, 0.1) is 18.8 Å². The van der Waals surface area contributed by atoms with Gasteiger partial charge in [-0.3, -0.25) is 4.90 Å². The van der Waals surface area contributed by atoms with Crippen LogP contribution in [0.5, 0.6) is 0 Å². The maximum absolute atomic E-state index is 13.4. The van der Waals surface area contributed by atoms with Crippen LogP contribution in [0, 0.1) is 24.1 Å². The molecule has 6 nitrogen and oxygen atoms in total. The molecule has 0 aliphatic carbocycles. The number of aryl methyl sites for hydroxylation is 1. The van der Waals surface area contributed by atoms with Crippen molar-refractivity contribution < 1.29 is 13.7 Å². The molecular weight excluding hydrogens is 287 g/mol. The Morgan fingerprint density at radius 2 is 2.36 bits per heavy atom. The molecule has 7 heteroatoms. The lowest BCUT2D eigenvalue weighted by atomic mass is 10.1. The molecule has 1 aromatic carbocycles. The fraction of sp³-hybridized carbons (Fsp3) is 0.400. The van der Waals surface area contributed by atoms with Crippen LogP contribution in [-0.4, -0.2) is 34.8 Å². The third-order valence-corrected chi connectivity index (χ3v) is 3.60. The first-order chi connectivity index (χ1) is 10.7. The molecule has 1 aliphatic heterocycles. The van der Waals surface area contributed by atoms with Crippen molar-refractivity contribution in [2.45, 2.75) is 19.5 Å². The second-order valence-electron chi connectivity index (χ2n) is 5.17. The maximum atomic E-state index is 13.4. The quantitative estimate of drug-likeness (QED) is 0.863. The van der Waals surface area contributed by atoms with Crippen molar-refractivity contribution >= 4 is 0 Å². The molecule has 0 radical (unpaired) electrons. The van der Waals surface area contributed by atoms with E-state index < -0.39 is 5.82 Å². The monoisotopic (exact) mass is 302 g/mol. The van der Waals surface area contributed by atoms with E-state index in [0.29, 0.717) is 38.0 Å². The molecule has 2 heterocycles. The van der Waals surface area contributed by atoms with Crippen LogP contribution in [0.25, 0.3) is 0 Å². The summed E-state index contributed by atoms with van der Waals surface area (Å²) in [5.74, 6) is 0.589. The minimum absolute atomic E-state index is 0.0518. The molecule has 3 rings (SSSR count). The highest BCUT2D eigenvalue weighted by Crippen LogP contribution is 2.25. The van der Waals surface area contributed by atoms with Crippen molar-refractivity contribution in [3.8, 4) is 6.07 Å². The number of hydrogen-bond acceptors (Lipinski definition) is 6. The smallest absolute Gasteiger partial charge is 0.246 e. The number of ether oxygens (including phenoxy) is 1. The summed E-state index contributed by atoms with van der Waals surface area (Å²) in [4.78, 5) is 6.39. The zero-order valence-corrected chi connectivity index (χ0v) is 12.1. The Balaban J connectivity index is 1.81. The van der Waals surface area contributed by atoms with Gasteiger partial charge in [-0.2, -0.15) is 10.2 Å². The van der Waals surface area contributed by atoms with Crippen LogP contribution in [0.1, 0.15) is 28.9 Å². The van der Waals surface area contributed by atoms with Crippen molar-refractivity contribution in [3.63, 3.8) is 0 Å². The highest BCUT2D eigenvalue weighted by Gasteiger charge is 2.29. The summed E-state index contributed by atoms with van der Waals surface area (Å²) in [5.41, 5.74) is 0.914. The van der Waals surface area contributed by atoms with Crippen LogP contribution in [-0.2, 0) is 11.3 Å². The topological polar surface area (TPSA) is 75.2 Å². The van der Waals surface area contributed by atoms with Gasteiger partial charge in [-0.15, -0.1) is 0 Å². The molecule has 2 aromatic rings. The average molecular weight is 302 g/mol. The predicted octanol–water partition coefficient (Wildman–Crippen LogP) is 1.96. The van der Waals surface area contributed by atoms with E-state index in [-0.39, 0.29) is 11.6 Å². The van der Waals surface area contributed by atoms with Gasteiger partial charge in [-0.25, -0.2) is 4.39 Å². The van der Waals surface area contributed by atoms with E-state index in [1.807, 2.05) is 6.07 Å². The number of nitrogens with zero attached hydrogens (tertiary/aromatic N) is 4. The van der Waals surface area contributed by atoms with Crippen molar-refractivity contribution in [1.29, 1.82) is 5.26 Å². The lowest BCUT2D eigenvalue weighted by Gasteiger charge is -2.33. The molecule has 0 N–H and O–H groups in total. The van der Waals surface area contributed by atoms with Crippen LogP contribution in [0.4, 0.5) is 4.39 Å². The fourth-order valence-corrected chi connectivity index (χ4v) is 2.49. The number of hydrogen-bond donors (Lipinski definition) is 0. The van der Waals surface area contributed by atoms with Gasteiger partial charge in [0.15, 0.2) is 5.82 Å². The minimum atomic E-state index is -0.502. The normalized spacial score (nSPS) is 19.0. The summed E-state index contributed by atoms with van der Waals surface area (Å²) in [5, 5.41) is 12.7. The van der Waals surface area contributed by atoms with Gasteiger partial charge < -0.3 is 9.26 Å². The van der Waals surface area contributed by atoms with E-state index in [9.17, 15) is 4.39 Å². The molecule has 114 valence electrons. The first-order valence-electron chi connectivity index (χ1n) is 6.98. The number of morpholine rings is 1. The Kier molecular flexibility index (Phi) is 4.13. The molecule has 0 saturated carbocycles. The van der Waals surface area contributed by atoms with Gasteiger partial charge in [0, 0.05) is 13.1 Å². The number of benzene rings is 1. The lowest BCUT2D eigenvalue weighted by molar-refractivity contribution is -0.0241. The molecule has 1 aliphatic rings. The highest BCUT2D eigenvalue weighted by molar-refractivity contribution is 5.34. The molecule has 0 amide bonds. The van der Waals surface area contributed by atoms with Gasteiger partial charge in [-0.05, 0) is 24.6 Å². The van der Waals surface area contributed by atoms with E-state index in [1.165, 1.54) is 6.07 Å². The SMILES string of the molecule is Cc1noc([C@@H]2COCCN2Cc2ccc(F)c(C#N)c2)n1. The second kappa shape index (κ2) is 6.22. The molecule has 1 aromatic heterocycles. The molecule has 1 atom stereocenters. The van der Waals surface area contributed by atoms with E-state index in [2.05, 4.69) is 15.0 Å². The number of aromatic nitrogens is 2. The Morgan fingerprint density at radius 3 is 3.09 bits per heavy atom. The van der Waals surface area contributed by atoms with Crippen LogP contribution in [0.15, 0.2) is 22.7 Å². The van der Waals surface area contributed by atoms with Crippen molar-refractivity contribution in [2.75, 3.05) is 19.8 Å². The summed E-state index contributed by atoms with van der Waals surface area (Å²) >= 11 is 0. The van der Waals surface area contributed by atoms with Crippen LogP contribution >= 0.6 is 0 Å². The van der Waals surface area contributed by atoms with Crippen LogP contribution in [0.3, 0.4) is 0 Å². The number of halogens is 1. The highest BCUT2D eigenvalue weighted by atomic mass is 19.1. The lowest BCUT2D eigenvalue weighted by Crippen LogP contribution is -2.39. The average Bonchev–Trinajstić information content (AvgIpc) is 2.96. The summed E-state index contributed by atoms with van der Waals surface area (Å²) < 4.78 is 24.1. The van der Waals surface area contributed by atoms with Crippen molar-refractivity contribution in [2.24, 2.45) is 0 Å². The van der Waals surface area contributed by atoms with E-state index >= 15 is 0 Å². The van der Waals surface area contributed by atoms with Gasteiger partial charge in [0.1, 0.15) is 17.9 Å². The van der Waals surface area contributed by atoms with E-state index in [4.69, 9.17) is 14.5 Å². The first-order valence-corrected chi connectivity index (χ1v) is 6.98. The van der Waals surface area contributed by atoms with E-state index in [0.717, 1.165) is 5.56 Å².